The van der Waals surface area contributed by atoms with Gasteiger partial charge in [0, 0.05) is 12.5 Å². The van der Waals surface area contributed by atoms with Crippen LogP contribution in [-0.2, 0) is 4.79 Å². The van der Waals surface area contributed by atoms with Crippen molar-refractivity contribution >= 4 is 35.6 Å². The summed E-state index contributed by atoms with van der Waals surface area (Å²) >= 11 is 7.22. The van der Waals surface area contributed by atoms with Gasteiger partial charge in [-0.25, -0.2) is 0 Å². The van der Waals surface area contributed by atoms with Crippen LogP contribution in [0.5, 0.6) is 0 Å². The summed E-state index contributed by atoms with van der Waals surface area (Å²) in [5, 5.41) is 11.8. The van der Waals surface area contributed by atoms with Crippen molar-refractivity contribution in [2.75, 3.05) is 13.3 Å². The molecule has 0 aromatic carbocycles. The maximum absolute atomic E-state index is 11.8. The van der Waals surface area contributed by atoms with Gasteiger partial charge in [0.1, 0.15) is 5.70 Å². The van der Waals surface area contributed by atoms with Crippen molar-refractivity contribution in [2.24, 2.45) is 0 Å². The number of amides is 1. The van der Waals surface area contributed by atoms with E-state index in [4.69, 9.17) is 17.0 Å². The molecule has 1 amide bonds. The van der Waals surface area contributed by atoms with Crippen LogP contribution in [0.4, 0.5) is 0 Å². The summed E-state index contributed by atoms with van der Waals surface area (Å²) in [5.41, 5.74) is 0.709. The lowest BCUT2D eigenvalue weighted by Crippen LogP contribution is -2.32. The number of nitrogens with one attached hydrogen (secondary N) is 2. The van der Waals surface area contributed by atoms with E-state index in [-0.39, 0.29) is 16.6 Å². The first-order valence-electron chi connectivity index (χ1n) is 4.95. The number of likely N-dealkylation sites (N-methyl/N-ethyl adjacent to an activating group) is 1. The molecule has 0 aliphatic heterocycles. The van der Waals surface area contributed by atoms with Crippen LogP contribution in [0.15, 0.2) is 47.1 Å². The number of carbonyl (C=O) groups is 1. The minimum Gasteiger partial charge on any atom is -0.354 e. The van der Waals surface area contributed by atoms with Crippen molar-refractivity contribution in [1.29, 1.82) is 5.41 Å². The topological polar surface area (TPSA) is 56.2 Å². The molecule has 0 atom stereocenters. The zero-order chi connectivity index (χ0) is 14.1. The Morgan fingerprint density at radius 1 is 1.50 bits per heavy atom. The van der Waals surface area contributed by atoms with Gasteiger partial charge in [0.2, 0.25) is 0 Å². The van der Waals surface area contributed by atoms with Crippen LogP contribution >= 0.6 is 23.4 Å². The highest BCUT2D eigenvalue weighted by Crippen LogP contribution is 2.22. The lowest BCUT2D eigenvalue weighted by Gasteiger charge is -2.23. The fourth-order valence-electron chi connectivity index (χ4n) is 1.14. The predicted molar refractivity (Wildman–Crippen MR) is 79.6 cm³/mol. The highest BCUT2D eigenvalue weighted by Gasteiger charge is 2.19. The van der Waals surface area contributed by atoms with E-state index in [1.165, 1.54) is 29.8 Å². The summed E-state index contributed by atoms with van der Waals surface area (Å²) in [6.45, 7) is 7.18. The molecule has 0 bridgehead atoms. The third-order valence-electron chi connectivity index (χ3n) is 1.89. The van der Waals surface area contributed by atoms with E-state index in [0.717, 1.165) is 6.34 Å². The van der Waals surface area contributed by atoms with Gasteiger partial charge in [0.15, 0.2) is 0 Å². The average Bonchev–Trinajstić information content (AvgIpc) is 2.36. The predicted octanol–water partition coefficient (Wildman–Crippen LogP) is 2.67. The van der Waals surface area contributed by atoms with E-state index < -0.39 is 0 Å². The molecule has 6 heteroatoms. The Bertz CT molecular complexity index is 416. The molecule has 0 aromatic rings. The Morgan fingerprint density at radius 2 is 2.11 bits per heavy atom. The largest absolute Gasteiger partial charge is 0.354 e. The molecule has 98 valence electrons. The molecule has 0 aliphatic carbocycles. The second-order valence-electron chi connectivity index (χ2n) is 3.01. The summed E-state index contributed by atoms with van der Waals surface area (Å²) in [6, 6.07) is 0. The summed E-state index contributed by atoms with van der Waals surface area (Å²) in [4.78, 5) is 13.1. The van der Waals surface area contributed by atoms with Gasteiger partial charge < -0.3 is 5.32 Å². The Morgan fingerprint density at radius 3 is 2.44 bits per heavy atom. The van der Waals surface area contributed by atoms with E-state index in [1.54, 1.807) is 11.5 Å². The van der Waals surface area contributed by atoms with E-state index in [1.807, 2.05) is 6.26 Å². The molecule has 0 aromatic heterocycles. The van der Waals surface area contributed by atoms with Crippen molar-refractivity contribution in [3.63, 3.8) is 0 Å². The maximum Gasteiger partial charge on any atom is 0.268 e. The Kier molecular flexibility index (Phi) is 7.91. The van der Waals surface area contributed by atoms with Crippen molar-refractivity contribution in [3.05, 3.63) is 47.1 Å². The van der Waals surface area contributed by atoms with Crippen LogP contribution in [0.3, 0.4) is 0 Å². The molecule has 4 nitrogen and oxygen atoms in total. The van der Waals surface area contributed by atoms with E-state index in [2.05, 4.69) is 18.5 Å². The second kappa shape index (κ2) is 8.60. The number of allylic oxidation sites excluding steroid dienone is 3. The van der Waals surface area contributed by atoms with Gasteiger partial charge in [-0.05, 0) is 12.3 Å². The molecule has 0 heterocycles. The van der Waals surface area contributed by atoms with E-state index in [9.17, 15) is 4.79 Å². The van der Waals surface area contributed by atoms with Crippen LogP contribution in [0, 0.1) is 5.41 Å². The van der Waals surface area contributed by atoms with Gasteiger partial charge in [-0.1, -0.05) is 30.8 Å². The molecule has 0 aliphatic rings. The van der Waals surface area contributed by atoms with Crippen LogP contribution in [-0.4, -0.2) is 30.4 Å². The minimum atomic E-state index is -0.319. The molecular weight excluding hydrogens is 270 g/mol. The van der Waals surface area contributed by atoms with Crippen molar-refractivity contribution in [1.82, 2.24) is 10.2 Å². The molecule has 0 saturated carbocycles. The molecule has 0 rings (SSSR count). The Balaban J connectivity index is 5.63. The summed E-state index contributed by atoms with van der Waals surface area (Å²) in [6.07, 6.45) is 5.91. The smallest absolute Gasteiger partial charge is 0.268 e. The van der Waals surface area contributed by atoms with Crippen molar-refractivity contribution in [3.8, 4) is 0 Å². The summed E-state index contributed by atoms with van der Waals surface area (Å²) < 4.78 is 0. The van der Waals surface area contributed by atoms with Crippen molar-refractivity contribution < 1.29 is 4.79 Å². The fraction of sp³-hybridized carbons (Fsp3) is 0.167. The van der Waals surface area contributed by atoms with Gasteiger partial charge in [0.25, 0.3) is 5.91 Å². The Hall–Kier alpha value is -1.46. The molecular formula is C12H16ClN3OS. The number of nitrogens with zero attached hydrogens (tertiary/aromatic N) is 1. The van der Waals surface area contributed by atoms with Gasteiger partial charge in [-0.15, -0.1) is 11.8 Å². The van der Waals surface area contributed by atoms with Crippen LogP contribution in [0.1, 0.15) is 0 Å². The fourth-order valence-corrected chi connectivity index (χ4v) is 1.74. The quantitative estimate of drug-likeness (QED) is 0.327. The molecule has 18 heavy (non-hydrogen) atoms. The van der Waals surface area contributed by atoms with Gasteiger partial charge >= 0.3 is 0 Å². The summed E-state index contributed by atoms with van der Waals surface area (Å²) in [7, 11) is 1.52. The second-order valence-corrected chi connectivity index (χ2v) is 4.17. The monoisotopic (exact) mass is 285 g/mol. The van der Waals surface area contributed by atoms with Crippen molar-refractivity contribution in [2.45, 2.75) is 0 Å². The minimum absolute atomic E-state index is 0.217. The number of hydrogen-bond donors (Lipinski definition) is 2. The third-order valence-corrected chi connectivity index (χ3v) is 2.54. The van der Waals surface area contributed by atoms with E-state index >= 15 is 0 Å². The first-order chi connectivity index (χ1) is 8.53. The van der Waals surface area contributed by atoms with Gasteiger partial charge in [-0.2, -0.15) is 0 Å². The normalized spacial score (nSPS) is 11.7. The first kappa shape index (κ1) is 16.5. The molecule has 0 fully saturated rings. The average molecular weight is 286 g/mol. The van der Waals surface area contributed by atoms with Gasteiger partial charge in [-0.3, -0.25) is 15.1 Å². The lowest BCUT2D eigenvalue weighted by molar-refractivity contribution is -0.117. The number of thioether (sulfide) groups is 1. The molecule has 0 saturated heterocycles. The number of carbonyl (C=O) groups excluding carboxylic acids is 1. The molecule has 0 spiro atoms. The van der Waals surface area contributed by atoms with Crippen LogP contribution < -0.4 is 5.32 Å². The Labute approximate surface area is 117 Å². The summed E-state index contributed by atoms with van der Waals surface area (Å²) in [5.74, 6) is -0.319. The molecule has 0 unspecified atom stereocenters. The molecule has 2 N–H and O–H groups in total. The maximum atomic E-state index is 11.8. The first-order valence-corrected chi connectivity index (χ1v) is 6.62. The standard InChI is InChI=1S/C12H16ClN3OS/c1-5-6-10(9(2)13)16(8-14)11(7-18-4)12(17)15-3/h5-8,14H,1-2H2,3-4H3,(H,15,17)/b10-6+,11-7-,14-8?. The lowest BCUT2D eigenvalue weighted by atomic mass is 10.3. The van der Waals surface area contributed by atoms with Gasteiger partial charge in [0.05, 0.1) is 17.1 Å². The SMILES string of the molecule is C=C/C=C(\C(=C)Cl)N(C=N)/C(=C\SC)C(=O)NC. The zero-order valence-electron chi connectivity index (χ0n) is 10.4. The number of halogens is 1. The highest BCUT2D eigenvalue weighted by molar-refractivity contribution is 8.01. The zero-order valence-corrected chi connectivity index (χ0v) is 11.9. The molecule has 0 radical (unpaired) electrons. The highest BCUT2D eigenvalue weighted by atomic mass is 35.5. The van der Waals surface area contributed by atoms with Crippen LogP contribution in [0.25, 0.3) is 0 Å². The third kappa shape index (κ3) is 4.43. The number of rotatable bonds is 7. The number of hydrogen-bond acceptors (Lipinski definition) is 3. The van der Waals surface area contributed by atoms with E-state index in [0.29, 0.717) is 5.70 Å². The van der Waals surface area contributed by atoms with Crippen LogP contribution in [0.2, 0.25) is 0 Å².